The van der Waals surface area contributed by atoms with Crippen molar-refractivity contribution in [2.24, 2.45) is 17.8 Å². The molecule has 3 unspecified atom stereocenters. The third-order valence-electron chi connectivity index (χ3n) is 6.96. The fourth-order valence-electron chi connectivity index (χ4n) is 5.14. The van der Waals surface area contributed by atoms with Crippen molar-refractivity contribution in [3.05, 3.63) is 0 Å². The summed E-state index contributed by atoms with van der Waals surface area (Å²) >= 11 is 0. The minimum atomic E-state index is -0.165. The molecule has 7 heteroatoms. The maximum Gasteiger partial charge on any atom is 0.233 e. The molecule has 0 radical (unpaired) electrons. The van der Waals surface area contributed by atoms with Crippen LogP contribution >= 0.6 is 0 Å². The molecule has 7 nitrogen and oxygen atoms in total. The molecule has 3 atom stereocenters. The predicted octanol–water partition coefficient (Wildman–Crippen LogP) is 2.49. The molecule has 1 saturated carbocycles. The summed E-state index contributed by atoms with van der Waals surface area (Å²) < 4.78 is 0. The van der Waals surface area contributed by atoms with Gasteiger partial charge in [0.15, 0.2) is 0 Å². The quantitative estimate of drug-likeness (QED) is 0.459. The summed E-state index contributed by atoms with van der Waals surface area (Å²) in [6, 6.07) is 0. The number of unbranched alkanes of at least 4 members (excludes halogenated alkanes) is 3. The highest BCUT2D eigenvalue weighted by molar-refractivity contribution is 6.05. The Hall–Kier alpha value is -1.92. The van der Waals surface area contributed by atoms with E-state index in [0.29, 0.717) is 19.6 Å². The molecule has 168 valence electrons. The lowest BCUT2D eigenvalue weighted by atomic mass is 9.81. The first-order valence-corrected chi connectivity index (χ1v) is 11.9. The van der Waals surface area contributed by atoms with E-state index in [1.54, 1.807) is 4.90 Å². The van der Waals surface area contributed by atoms with E-state index in [-0.39, 0.29) is 54.3 Å². The predicted molar refractivity (Wildman–Crippen MR) is 113 cm³/mol. The monoisotopic (exact) mass is 419 g/mol. The van der Waals surface area contributed by atoms with Gasteiger partial charge in [-0.25, -0.2) is 0 Å². The Kier molecular flexibility index (Phi) is 8.28. The van der Waals surface area contributed by atoms with Gasteiger partial charge in [-0.05, 0) is 32.1 Å². The van der Waals surface area contributed by atoms with Crippen molar-refractivity contribution in [1.82, 2.24) is 15.1 Å². The highest BCUT2D eigenvalue weighted by atomic mass is 16.2. The van der Waals surface area contributed by atoms with Crippen LogP contribution in [0.15, 0.2) is 0 Å². The summed E-state index contributed by atoms with van der Waals surface area (Å²) in [7, 11) is 0. The van der Waals surface area contributed by atoms with E-state index >= 15 is 0 Å². The van der Waals surface area contributed by atoms with Crippen LogP contribution in [0, 0.1) is 17.8 Å². The van der Waals surface area contributed by atoms with Crippen molar-refractivity contribution in [2.75, 3.05) is 26.2 Å². The summed E-state index contributed by atoms with van der Waals surface area (Å²) in [4.78, 5) is 53.4. The van der Waals surface area contributed by atoms with Gasteiger partial charge in [-0.2, -0.15) is 0 Å². The van der Waals surface area contributed by atoms with E-state index < -0.39 is 0 Å². The lowest BCUT2D eigenvalue weighted by Crippen LogP contribution is -2.46. The number of nitrogens with one attached hydrogen (secondary N) is 1. The molecule has 0 aromatic heterocycles. The first kappa shape index (κ1) is 22.8. The van der Waals surface area contributed by atoms with Crippen molar-refractivity contribution in [1.29, 1.82) is 0 Å². The molecular formula is C23H37N3O4. The standard InChI is InChI=1S/C23H37N3O4/c1-2-3-4-7-13-24-21(28)17-9-8-14-25(16-17)20(27)12-15-26-22(29)18-10-5-6-11-19(18)23(26)30/h17-19H,2-16H2,1H3,(H,24,28). The number of carbonyl (C=O) groups is 4. The second kappa shape index (κ2) is 10.9. The number of amides is 4. The van der Waals surface area contributed by atoms with Gasteiger partial charge in [0.1, 0.15) is 0 Å². The maximum atomic E-state index is 12.7. The minimum Gasteiger partial charge on any atom is -0.356 e. The average molecular weight is 420 g/mol. The van der Waals surface area contributed by atoms with Gasteiger partial charge in [-0.1, -0.05) is 39.0 Å². The van der Waals surface area contributed by atoms with Crippen LogP contribution in [0.2, 0.25) is 0 Å². The first-order valence-electron chi connectivity index (χ1n) is 11.9. The molecule has 0 spiro atoms. The molecular weight excluding hydrogens is 382 g/mol. The van der Waals surface area contributed by atoms with Gasteiger partial charge in [-0.15, -0.1) is 0 Å². The number of imide groups is 1. The van der Waals surface area contributed by atoms with E-state index in [1.807, 2.05) is 0 Å². The molecule has 2 heterocycles. The molecule has 30 heavy (non-hydrogen) atoms. The molecule has 0 aromatic carbocycles. The van der Waals surface area contributed by atoms with E-state index in [0.717, 1.165) is 51.4 Å². The Bertz CT molecular complexity index is 626. The Balaban J connectivity index is 1.43. The number of carbonyl (C=O) groups excluding carboxylic acids is 4. The zero-order valence-electron chi connectivity index (χ0n) is 18.4. The highest BCUT2D eigenvalue weighted by Crippen LogP contribution is 2.38. The van der Waals surface area contributed by atoms with Crippen LogP contribution in [0.25, 0.3) is 0 Å². The van der Waals surface area contributed by atoms with Crippen LogP contribution < -0.4 is 5.32 Å². The zero-order chi connectivity index (χ0) is 21.5. The van der Waals surface area contributed by atoms with Crippen LogP contribution in [-0.2, 0) is 19.2 Å². The highest BCUT2D eigenvalue weighted by Gasteiger charge is 2.48. The van der Waals surface area contributed by atoms with Gasteiger partial charge >= 0.3 is 0 Å². The minimum absolute atomic E-state index is 0.0398. The van der Waals surface area contributed by atoms with E-state index in [1.165, 1.54) is 17.7 Å². The summed E-state index contributed by atoms with van der Waals surface area (Å²) in [6.07, 6.45) is 9.84. The van der Waals surface area contributed by atoms with Crippen LogP contribution in [0.4, 0.5) is 0 Å². The lowest BCUT2D eigenvalue weighted by Gasteiger charge is -2.32. The van der Waals surface area contributed by atoms with Gasteiger partial charge in [0.2, 0.25) is 23.6 Å². The molecule has 3 aliphatic rings. The smallest absolute Gasteiger partial charge is 0.233 e. The molecule has 1 aliphatic carbocycles. The van der Waals surface area contributed by atoms with E-state index in [4.69, 9.17) is 0 Å². The third kappa shape index (κ3) is 5.41. The molecule has 0 bridgehead atoms. The van der Waals surface area contributed by atoms with Crippen LogP contribution in [0.3, 0.4) is 0 Å². The molecule has 2 aliphatic heterocycles. The van der Waals surface area contributed by atoms with E-state index in [2.05, 4.69) is 12.2 Å². The molecule has 0 aromatic rings. The van der Waals surface area contributed by atoms with Gasteiger partial charge in [0, 0.05) is 32.6 Å². The topological polar surface area (TPSA) is 86.8 Å². The molecule has 3 fully saturated rings. The molecule has 4 amide bonds. The van der Waals surface area contributed by atoms with Crippen molar-refractivity contribution in [2.45, 2.75) is 77.6 Å². The summed E-state index contributed by atoms with van der Waals surface area (Å²) in [5.74, 6) is -0.688. The van der Waals surface area contributed by atoms with Crippen molar-refractivity contribution >= 4 is 23.6 Å². The fraction of sp³-hybridized carbons (Fsp3) is 0.826. The Morgan fingerprint density at radius 3 is 2.33 bits per heavy atom. The number of hydrogen-bond donors (Lipinski definition) is 1. The summed E-state index contributed by atoms with van der Waals surface area (Å²) in [6.45, 7) is 4.12. The fourth-order valence-corrected chi connectivity index (χ4v) is 5.14. The second-order valence-corrected chi connectivity index (χ2v) is 9.11. The third-order valence-corrected chi connectivity index (χ3v) is 6.96. The lowest BCUT2D eigenvalue weighted by molar-refractivity contribution is -0.141. The number of rotatable bonds is 9. The van der Waals surface area contributed by atoms with Crippen molar-refractivity contribution in [3.63, 3.8) is 0 Å². The largest absolute Gasteiger partial charge is 0.356 e. The van der Waals surface area contributed by atoms with Crippen LogP contribution in [0.5, 0.6) is 0 Å². The number of nitrogens with zero attached hydrogens (tertiary/aromatic N) is 2. The summed E-state index contributed by atoms with van der Waals surface area (Å²) in [5.41, 5.74) is 0. The van der Waals surface area contributed by atoms with Crippen molar-refractivity contribution < 1.29 is 19.2 Å². The Morgan fingerprint density at radius 2 is 1.67 bits per heavy atom. The number of hydrogen-bond acceptors (Lipinski definition) is 4. The molecule has 3 rings (SSSR count). The number of piperidine rings is 1. The Labute approximate surface area is 179 Å². The number of fused-ring (bicyclic) bond motifs is 1. The van der Waals surface area contributed by atoms with Crippen LogP contribution in [0.1, 0.15) is 77.6 Å². The SMILES string of the molecule is CCCCCCNC(=O)C1CCCN(C(=O)CCN2C(=O)C3CCCCC3C2=O)C1. The maximum absolute atomic E-state index is 12.7. The van der Waals surface area contributed by atoms with Gasteiger partial charge < -0.3 is 10.2 Å². The number of likely N-dealkylation sites (tertiary alicyclic amines) is 2. The van der Waals surface area contributed by atoms with Gasteiger partial charge in [0.25, 0.3) is 0 Å². The molecule has 2 saturated heterocycles. The second-order valence-electron chi connectivity index (χ2n) is 9.11. The molecule has 1 N–H and O–H groups in total. The van der Waals surface area contributed by atoms with Gasteiger partial charge in [0.05, 0.1) is 17.8 Å². The van der Waals surface area contributed by atoms with Crippen LogP contribution in [-0.4, -0.2) is 59.6 Å². The van der Waals surface area contributed by atoms with E-state index in [9.17, 15) is 19.2 Å². The summed E-state index contributed by atoms with van der Waals surface area (Å²) in [5, 5.41) is 3.01. The Morgan fingerprint density at radius 1 is 0.967 bits per heavy atom. The average Bonchev–Trinajstić information content (AvgIpc) is 3.02. The van der Waals surface area contributed by atoms with Crippen molar-refractivity contribution in [3.8, 4) is 0 Å². The zero-order valence-corrected chi connectivity index (χ0v) is 18.4. The van der Waals surface area contributed by atoms with Gasteiger partial charge in [-0.3, -0.25) is 24.1 Å². The first-order chi connectivity index (χ1) is 14.5. The normalized spacial score (nSPS) is 26.6.